The van der Waals surface area contributed by atoms with Crippen molar-refractivity contribution in [1.82, 2.24) is 4.98 Å². The summed E-state index contributed by atoms with van der Waals surface area (Å²) in [5, 5.41) is 12.8. The van der Waals surface area contributed by atoms with Gasteiger partial charge in [-0.1, -0.05) is 12.8 Å². The molecule has 1 aromatic heterocycles. The summed E-state index contributed by atoms with van der Waals surface area (Å²) >= 11 is 1.65. The van der Waals surface area contributed by atoms with Crippen LogP contribution in [0.5, 0.6) is 0 Å². The van der Waals surface area contributed by atoms with Crippen molar-refractivity contribution < 1.29 is 5.11 Å². The van der Waals surface area contributed by atoms with Crippen LogP contribution in [0.1, 0.15) is 30.0 Å². The van der Waals surface area contributed by atoms with Crippen LogP contribution in [0.25, 0.3) is 0 Å². The molecule has 1 aromatic rings. The van der Waals surface area contributed by atoms with Gasteiger partial charge in [-0.15, -0.1) is 11.3 Å². The van der Waals surface area contributed by atoms with Crippen LogP contribution in [0.3, 0.4) is 0 Å². The smallest absolute Gasteiger partial charge is 0.0953 e. The number of thiazole rings is 1. The van der Waals surface area contributed by atoms with E-state index in [4.69, 9.17) is 0 Å². The maximum atomic E-state index is 9.69. The van der Waals surface area contributed by atoms with Crippen LogP contribution in [0.4, 0.5) is 0 Å². The summed E-state index contributed by atoms with van der Waals surface area (Å²) in [6.07, 6.45) is 4.17. The van der Waals surface area contributed by atoms with Crippen molar-refractivity contribution in [1.29, 1.82) is 0 Å². The molecule has 0 radical (unpaired) electrons. The van der Waals surface area contributed by atoms with Crippen molar-refractivity contribution in [2.45, 2.75) is 38.7 Å². The van der Waals surface area contributed by atoms with Crippen LogP contribution in [0.2, 0.25) is 0 Å². The zero-order valence-electron chi connectivity index (χ0n) is 7.86. The number of aromatic nitrogens is 1. The lowest BCUT2D eigenvalue weighted by Crippen LogP contribution is -2.10. The van der Waals surface area contributed by atoms with Crippen molar-refractivity contribution in [3.05, 3.63) is 16.1 Å². The van der Waals surface area contributed by atoms with Gasteiger partial charge in [0.1, 0.15) is 0 Å². The third kappa shape index (κ3) is 2.78. The van der Waals surface area contributed by atoms with Crippen LogP contribution in [-0.2, 0) is 6.42 Å². The number of rotatable bonds is 4. The Labute approximate surface area is 82.6 Å². The second-order valence-electron chi connectivity index (χ2n) is 3.92. The van der Waals surface area contributed by atoms with E-state index in [1.54, 1.807) is 11.3 Å². The normalized spacial score (nSPS) is 18.9. The second-order valence-corrected chi connectivity index (χ2v) is 4.86. The van der Waals surface area contributed by atoms with E-state index in [1.165, 1.54) is 12.8 Å². The fourth-order valence-electron chi connectivity index (χ4n) is 1.52. The molecule has 1 unspecified atom stereocenters. The lowest BCUT2D eigenvalue weighted by molar-refractivity contribution is 0.158. The number of hydrogen-bond acceptors (Lipinski definition) is 3. The van der Waals surface area contributed by atoms with Crippen LogP contribution >= 0.6 is 11.3 Å². The fraction of sp³-hybridized carbons (Fsp3) is 0.700. The molecule has 0 spiro atoms. The van der Waals surface area contributed by atoms with Gasteiger partial charge in [-0.25, -0.2) is 4.98 Å². The first-order chi connectivity index (χ1) is 6.24. The van der Waals surface area contributed by atoms with E-state index in [1.807, 2.05) is 12.3 Å². The third-order valence-corrected chi connectivity index (χ3v) is 3.37. The van der Waals surface area contributed by atoms with Gasteiger partial charge in [0.15, 0.2) is 0 Å². The van der Waals surface area contributed by atoms with Crippen molar-refractivity contribution in [3.63, 3.8) is 0 Å². The molecule has 1 atom stereocenters. The Kier molecular flexibility index (Phi) is 2.65. The van der Waals surface area contributed by atoms with Crippen molar-refractivity contribution in [3.8, 4) is 0 Å². The molecule has 1 saturated carbocycles. The van der Waals surface area contributed by atoms with E-state index in [0.717, 1.165) is 29.5 Å². The Hall–Kier alpha value is -0.410. The Morgan fingerprint density at radius 3 is 3.00 bits per heavy atom. The van der Waals surface area contributed by atoms with Crippen LogP contribution in [-0.4, -0.2) is 16.2 Å². The first kappa shape index (κ1) is 9.16. The molecule has 1 N–H and O–H groups in total. The van der Waals surface area contributed by atoms with E-state index in [9.17, 15) is 5.11 Å². The van der Waals surface area contributed by atoms with Gasteiger partial charge in [-0.3, -0.25) is 0 Å². The van der Waals surface area contributed by atoms with E-state index in [-0.39, 0.29) is 6.10 Å². The lowest BCUT2D eigenvalue weighted by Gasteiger charge is -2.06. The summed E-state index contributed by atoms with van der Waals surface area (Å²) in [4.78, 5) is 4.34. The van der Waals surface area contributed by atoms with Gasteiger partial charge >= 0.3 is 0 Å². The van der Waals surface area contributed by atoms with E-state index in [0.29, 0.717) is 0 Å². The lowest BCUT2D eigenvalue weighted by atomic mass is 10.1. The Morgan fingerprint density at radius 2 is 2.46 bits per heavy atom. The highest BCUT2D eigenvalue weighted by atomic mass is 32.1. The molecule has 13 heavy (non-hydrogen) atoms. The summed E-state index contributed by atoms with van der Waals surface area (Å²) in [5.41, 5.74) is 1.07. The molecule has 2 rings (SSSR count). The predicted octanol–water partition coefficient (Wildman–Crippen LogP) is 2.16. The molecule has 1 fully saturated rings. The molecule has 3 heteroatoms. The SMILES string of the molecule is Cc1csc(CC(O)CC2CC2)n1. The first-order valence-electron chi connectivity index (χ1n) is 4.83. The molecule has 72 valence electrons. The summed E-state index contributed by atoms with van der Waals surface area (Å²) in [6, 6.07) is 0. The topological polar surface area (TPSA) is 33.1 Å². The fourth-order valence-corrected chi connectivity index (χ4v) is 2.36. The maximum absolute atomic E-state index is 9.69. The van der Waals surface area contributed by atoms with Gasteiger partial charge in [-0.05, 0) is 19.3 Å². The summed E-state index contributed by atoms with van der Waals surface area (Å²) in [5.74, 6) is 0.802. The van der Waals surface area contributed by atoms with Gasteiger partial charge in [0.05, 0.1) is 11.1 Å². The number of nitrogens with zero attached hydrogens (tertiary/aromatic N) is 1. The molecule has 0 saturated heterocycles. The van der Waals surface area contributed by atoms with E-state index in [2.05, 4.69) is 4.98 Å². The molecule has 1 heterocycles. The zero-order valence-corrected chi connectivity index (χ0v) is 8.68. The van der Waals surface area contributed by atoms with Crippen molar-refractivity contribution in [2.75, 3.05) is 0 Å². The summed E-state index contributed by atoms with van der Waals surface area (Å²) < 4.78 is 0. The molecular formula is C10H15NOS. The van der Waals surface area contributed by atoms with Crippen LogP contribution in [0, 0.1) is 12.8 Å². The predicted molar refractivity (Wildman–Crippen MR) is 53.9 cm³/mol. The first-order valence-corrected chi connectivity index (χ1v) is 5.71. The van der Waals surface area contributed by atoms with Gasteiger partial charge in [0.2, 0.25) is 0 Å². The molecule has 0 aliphatic heterocycles. The highest BCUT2D eigenvalue weighted by molar-refractivity contribution is 7.09. The minimum Gasteiger partial charge on any atom is -0.393 e. The second kappa shape index (κ2) is 3.76. The van der Waals surface area contributed by atoms with Gasteiger partial charge < -0.3 is 5.11 Å². The number of aliphatic hydroxyl groups is 1. The maximum Gasteiger partial charge on any atom is 0.0953 e. The van der Waals surface area contributed by atoms with Crippen LogP contribution in [0.15, 0.2) is 5.38 Å². The molecule has 2 nitrogen and oxygen atoms in total. The third-order valence-electron chi connectivity index (χ3n) is 2.38. The van der Waals surface area contributed by atoms with Gasteiger partial charge in [0.25, 0.3) is 0 Å². The minimum absolute atomic E-state index is 0.168. The van der Waals surface area contributed by atoms with Gasteiger partial charge in [0, 0.05) is 17.5 Å². The van der Waals surface area contributed by atoms with Crippen LogP contribution < -0.4 is 0 Å². The molecule has 0 aromatic carbocycles. The Balaban J connectivity index is 1.82. The minimum atomic E-state index is -0.168. The van der Waals surface area contributed by atoms with Gasteiger partial charge in [-0.2, -0.15) is 0 Å². The number of aliphatic hydroxyl groups excluding tert-OH is 1. The van der Waals surface area contributed by atoms with E-state index >= 15 is 0 Å². The molecular weight excluding hydrogens is 182 g/mol. The number of aryl methyl sites for hydroxylation is 1. The average Bonchev–Trinajstić information content (AvgIpc) is 2.76. The number of hydrogen-bond donors (Lipinski definition) is 1. The standard InChI is InChI=1S/C10H15NOS/c1-7-6-13-10(11-7)5-9(12)4-8-2-3-8/h6,8-9,12H,2-5H2,1H3. The monoisotopic (exact) mass is 197 g/mol. The van der Waals surface area contributed by atoms with E-state index < -0.39 is 0 Å². The zero-order chi connectivity index (χ0) is 9.26. The largest absolute Gasteiger partial charge is 0.393 e. The quantitative estimate of drug-likeness (QED) is 0.802. The van der Waals surface area contributed by atoms with Crippen molar-refractivity contribution >= 4 is 11.3 Å². The Morgan fingerprint density at radius 1 is 1.69 bits per heavy atom. The molecule has 1 aliphatic carbocycles. The highest BCUT2D eigenvalue weighted by Gasteiger charge is 2.24. The molecule has 0 amide bonds. The average molecular weight is 197 g/mol. The Bertz CT molecular complexity index is 280. The summed E-state index contributed by atoms with van der Waals surface area (Å²) in [6.45, 7) is 1.99. The molecule has 0 bridgehead atoms. The summed E-state index contributed by atoms with van der Waals surface area (Å²) in [7, 11) is 0. The van der Waals surface area contributed by atoms with Crippen molar-refractivity contribution in [2.24, 2.45) is 5.92 Å². The highest BCUT2D eigenvalue weighted by Crippen LogP contribution is 2.34. The molecule has 1 aliphatic rings.